The number of rotatable bonds is 3. The number of ether oxygens (including phenoxy) is 2. The lowest BCUT2D eigenvalue weighted by Gasteiger charge is -2.33. The van der Waals surface area contributed by atoms with Gasteiger partial charge >= 0.3 is 6.09 Å². The summed E-state index contributed by atoms with van der Waals surface area (Å²) in [7, 11) is 1.30. The van der Waals surface area contributed by atoms with Gasteiger partial charge in [-0.25, -0.2) is 0 Å². The first-order chi connectivity index (χ1) is 12.4. The number of aromatic nitrogens is 1. The molecule has 1 aromatic heterocycles. The molecule has 6 heteroatoms. The second-order valence-electron chi connectivity index (χ2n) is 6.75. The van der Waals surface area contributed by atoms with Crippen LogP contribution in [0.1, 0.15) is 29.8 Å². The third kappa shape index (κ3) is 3.60. The van der Waals surface area contributed by atoms with Crippen LogP contribution in [-0.4, -0.2) is 42.4 Å². The van der Waals surface area contributed by atoms with Gasteiger partial charge in [0, 0.05) is 6.07 Å². The standard InChI is InChI=1S/C20H23N2O4/c1-20(2)22(17(14-26-20)12-15-8-5-4-6-9-15)18(23)16-10-7-11-21(13-16)19(24)25-3/h4-11,13,17H,12,14H2,1-3H3/q+1/t17-/m0/s1. The van der Waals surface area contributed by atoms with Gasteiger partial charge < -0.3 is 14.4 Å². The van der Waals surface area contributed by atoms with Crippen LogP contribution in [0.25, 0.3) is 0 Å². The molecule has 1 aliphatic rings. The minimum atomic E-state index is -0.720. The van der Waals surface area contributed by atoms with E-state index < -0.39 is 11.8 Å². The lowest BCUT2D eigenvalue weighted by Crippen LogP contribution is -2.50. The zero-order valence-corrected chi connectivity index (χ0v) is 15.2. The second kappa shape index (κ2) is 7.25. The van der Waals surface area contributed by atoms with E-state index in [0.717, 1.165) is 5.56 Å². The van der Waals surface area contributed by atoms with E-state index in [0.29, 0.717) is 18.6 Å². The van der Waals surface area contributed by atoms with Crippen LogP contribution in [0.2, 0.25) is 0 Å². The summed E-state index contributed by atoms with van der Waals surface area (Å²) in [5, 5.41) is 0. The average molecular weight is 355 g/mol. The normalized spacial score (nSPS) is 18.6. The van der Waals surface area contributed by atoms with E-state index in [2.05, 4.69) is 0 Å². The number of amides is 1. The summed E-state index contributed by atoms with van der Waals surface area (Å²) in [5.74, 6) is -0.174. The number of methoxy groups -OCH3 is 1. The van der Waals surface area contributed by atoms with E-state index in [9.17, 15) is 9.59 Å². The first-order valence-electron chi connectivity index (χ1n) is 8.53. The molecule has 1 aliphatic heterocycles. The van der Waals surface area contributed by atoms with Crippen LogP contribution in [0.4, 0.5) is 4.79 Å². The molecule has 0 unspecified atom stereocenters. The largest absolute Gasteiger partial charge is 0.601 e. The highest BCUT2D eigenvalue weighted by Gasteiger charge is 2.44. The van der Waals surface area contributed by atoms with Crippen LogP contribution in [-0.2, 0) is 15.9 Å². The summed E-state index contributed by atoms with van der Waals surface area (Å²) in [6.07, 6.45) is 3.20. The van der Waals surface area contributed by atoms with E-state index in [1.807, 2.05) is 44.2 Å². The topological polar surface area (TPSA) is 59.7 Å². The van der Waals surface area contributed by atoms with Crippen molar-refractivity contribution in [3.05, 3.63) is 66.0 Å². The predicted molar refractivity (Wildman–Crippen MR) is 94.6 cm³/mol. The average Bonchev–Trinajstić information content (AvgIpc) is 2.95. The first-order valence-corrected chi connectivity index (χ1v) is 8.53. The number of hydrogen-bond acceptors (Lipinski definition) is 4. The highest BCUT2D eigenvalue weighted by atomic mass is 16.5. The van der Waals surface area contributed by atoms with Gasteiger partial charge in [0.2, 0.25) is 0 Å². The molecule has 1 fully saturated rings. The molecule has 0 saturated carbocycles. The van der Waals surface area contributed by atoms with Crippen LogP contribution in [0.3, 0.4) is 0 Å². The van der Waals surface area contributed by atoms with Crippen molar-refractivity contribution in [2.24, 2.45) is 0 Å². The van der Waals surface area contributed by atoms with Crippen molar-refractivity contribution in [2.45, 2.75) is 32.0 Å². The molecule has 0 radical (unpaired) electrons. The molecule has 6 nitrogen and oxygen atoms in total. The molecule has 0 bridgehead atoms. The van der Waals surface area contributed by atoms with Gasteiger partial charge in [-0.1, -0.05) is 34.9 Å². The maximum Gasteiger partial charge on any atom is 0.601 e. The summed E-state index contributed by atoms with van der Waals surface area (Å²) in [6, 6.07) is 13.3. The fourth-order valence-electron chi connectivity index (χ4n) is 3.29. The molecule has 1 saturated heterocycles. The molecule has 1 aromatic carbocycles. The SMILES string of the molecule is COC(=O)[n+]1cccc(C(=O)N2[C@@H](Cc3ccccc3)COC2(C)C)c1. The zero-order chi connectivity index (χ0) is 18.7. The number of benzene rings is 1. The number of hydrogen-bond donors (Lipinski definition) is 0. The lowest BCUT2D eigenvalue weighted by atomic mass is 10.0. The fourth-order valence-corrected chi connectivity index (χ4v) is 3.29. The number of nitrogens with zero attached hydrogens (tertiary/aromatic N) is 2. The van der Waals surface area contributed by atoms with Crippen LogP contribution in [0.5, 0.6) is 0 Å². The van der Waals surface area contributed by atoms with Gasteiger partial charge in [0.25, 0.3) is 5.91 Å². The molecule has 136 valence electrons. The van der Waals surface area contributed by atoms with Crippen molar-refractivity contribution >= 4 is 12.0 Å². The molecule has 2 aromatic rings. The van der Waals surface area contributed by atoms with Crippen LogP contribution in [0.15, 0.2) is 54.9 Å². The number of pyridine rings is 1. The Kier molecular flexibility index (Phi) is 5.04. The van der Waals surface area contributed by atoms with Crippen LogP contribution >= 0.6 is 0 Å². The van der Waals surface area contributed by atoms with E-state index in [1.54, 1.807) is 23.2 Å². The Bertz CT molecular complexity index is 804. The maximum absolute atomic E-state index is 13.2. The third-order valence-corrected chi connectivity index (χ3v) is 4.54. The van der Waals surface area contributed by atoms with Crippen LogP contribution < -0.4 is 4.57 Å². The summed E-state index contributed by atoms with van der Waals surface area (Å²) >= 11 is 0. The van der Waals surface area contributed by atoms with Crippen molar-refractivity contribution in [2.75, 3.05) is 13.7 Å². The van der Waals surface area contributed by atoms with Crippen molar-refractivity contribution in [3.8, 4) is 0 Å². The molecule has 26 heavy (non-hydrogen) atoms. The predicted octanol–water partition coefficient (Wildman–Crippen LogP) is 2.41. The van der Waals surface area contributed by atoms with Crippen molar-refractivity contribution in [1.82, 2.24) is 4.90 Å². The molecule has 3 rings (SSSR count). The van der Waals surface area contributed by atoms with E-state index >= 15 is 0 Å². The van der Waals surface area contributed by atoms with Gasteiger partial charge in [0.1, 0.15) is 11.3 Å². The van der Waals surface area contributed by atoms with Gasteiger partial charge in [0.05, 0.1) is 19.8 Å². The minimum absolute atomic E-state index is 0.0771. The summed E-state index contributed by atoms with van der Waals surface area (Å²) in [6.45, 7) is 4.23. The second-order valence-corrected chi connectivity index (χ2v) is 6.75. The minimum Gasteiger partial charge on any atom is -0.415 e. The Morgan fingerprint density at radius 3 is 2.65 bits per heavy atom. The Labute approximate surface area is 153 Å². The molecule has 0 spiro atoms. The number of carbonyl (C=O) groups is 2. The van der Waals surface area contributed by atoms with Crippen molar-refractivity contribution in [3.63, 3.8) is 0 Å². The van der Waals surface area contributed by atoms with Gasteiger partial charge in [-0.3, -0.25) is 4.79 Å². The summed E-state index contributed by atoms with van der Waals surface area (Å²) in [4.78, 5) is 26.7. The molecule has 0 N–H and O–H groups in total. The van der Waals surface area contributed by atoms with E-state index in [-0.39, 0.29) is 11.9 Å². The van der Waals surface area contributed by atoms with E-state index in [1.165, 1.54) is 17.9 Å². The molecule has 2 heterocycles. The van der Waals surface area contributed by atoms with E-state index in [4.69, 9.17) is 9.47 Å². The molecule has 1 amide bonds. The first kappa shape index (κ1) is 18.1. The Morgan fingerprint density at radius 2 is 1.96 bits per heavy atom. The smallest absolute Gasteiger partial charge is 0.415 e. The molecular weight excluding hydrogens is 332 g/mol. The molecule has 1 atom stereocenters. The zero-order valence-electron chi connectivity index (χ0n) is 15.2. The Hall–Kier alpha value is -2.73. The summed E-state index contributed by atoms with van der Waals surface area (Å²) < 4.78 is 11.9. The van der Waals surface area contributed by atoms with Crippen molar-refractivity contribution in [1.29, 1.82) is 0 Å². The van der Waals surface area contributed by atoms with Gasteiger partial charge in [-0.15, -0.1) is 0 Å². The quantitative estimate of drug-likeness (QED) is 0.794. The third-order valence-electron chi connectivity index (χ3n) is 4.54. The van der Waals surface area contributed by atoms with Gasteiger partial charge in [-0.05, 0) is 31.9 Å². The monoisotopic (exact) mass is 355 g/mol. The maximum atomic E-state index is 13.2. The summed E-state index contributed by atoms with van der Waals surface area (Å²) in [5.41, 5.74) is 0.839. The molecular formula is C20H23N2O4+. The lowest BCUT2D eigenvalue weighted by molar-refractivity contribution is -0.585. The highest BCUT2D eigenvalue weighted by Crippen LogP contribution is 2.30. The number of carbonyl (C=O) groups excluding carboxylic acids is 2. The highest BCUT2D eigenvalue weighted by molar-refractivity contribution is 5.94. The van der Waals surface area contributed by atoms with Gasteiger partial charge in [0.15, 0.2) is 12.4 Å². The molecule has 0 aliphatic carbocycles. The van der Waals surface area contributed by atoms with Crippen LogP contribution in [0, 0.1) is 0 Å². The van der Waals surface area contributed by atoms with Gasteiger partial charge in [-0.2, -0.15) is 4.79 Å². The fraction of sp³-hybridized carbons (Fsp3) is 0.350. The Balaban J connectivity index is 1.88. The van der Waals surface area contributed by atoms with Crippen molar-refractivity contribution < 1.29 is 23.6 Å². The Morgan fingerprint density at radius 1 is 1.23 bits per heavy atom.